The SMILES string of the molecule is CC#Cc1cc2c(cc1N)CCC1C2CCC2(C)CCCC12. The first-order valence-corrected chi connectivity index (χ1v) is 8.97. The van der Waals surface area contributed by atoms with Crippen LogP contribution in [-0.2, 0) is 6.42 Å². The van der Waals surface area contributed by atoms with Gasteiger partial charge in [0.1, 0.15) is 0 Å². The number of fused-ring (bicyclic) bond motifs is 5. The lowest BCUT2D eigenvalue weighted by molar-refractivity contribution is 0.0599. The molecule has 0 spiro atoms. The highest BCUT2D eigenvalue weighted by Crippen LogP contribution is 2.60. The number of benzene rings is 1. The van der Waals surface area contributed by atoms with E-state index in [0.717, 1.165) is 29.0 Å². The Hall–Kier alpha value is -1.42. The topological polar surface area (TPSA) is 26.0 Å². The third-order valence-corrected chi connectivity index (χ3v) is 6.94. The summed E-state index contributed by atoms with van der Waals surface area (Å²) in [5.41, 5.74) is 11.8. The van der Waals surface area contributed by atoms with Crippen molar-refractivity contribution >= 4 is 5.69 Å². The molecule has 1 heteroatoms. The maximum absolute atomic E-state index is 6.20. The minimum absolute atomic E-state index is 0.637. The summed E-state index contributed by atoms with van der Waals surface area (Å²) in [7, 11) is 0. The van der Waals surface area contributed by atoms with Gasteiger partial charge in [0.15, 0.2) is 0 Å². The van der Waals surface area contributed by atoms with E-state index in [1.54, 1.807) is 5.56 Å². The molecule has 4 rings (SSSR count). The lowest BCUT2D eigenvalue weighted by Gasteiger charge is -2.49. The molecule has 0 aromatic heterocycles. The minimum atomic E-state index is 0.637. The molecule has 0 saturated heterocycles. The van der Waals surface area contributed by atoms with E-state index in [-0.39, 0.29) is 0 Å². The summed E-state index contributed by atoms with van der Waals surface area (Å²) < 4.78 is 0. The zero-order chi connectivity index (χ0) is 15.3. The van der Waals surface area contributed by atoms with Gasteiger partial charge in [-0.25, -0.2) is 0 Å². The van der Waals surface area contributed by atoms with E-state index in [9.17, 15) is 0 Å². The monoisotopic (exact) mass is 293 g/mol. The number of nitrogens with two attached hydrogens (primary N) is 1. The van der Waals surface area contributed by atoms with Crippen molar-refractivity contribution in [3.05, 3.63) is 28.8 Å². The number of hydrogen-bond acceptors (Lipinski definition) is 1. The molecule has 2 fully saturated rings. The molecule has 1 nitrogen and oxygen atoms in total. The van der Waals surface area contributed by atoms with E-state index in [1.165, 1.54) is 50.5 Å². The predicted molar refractivity (Wildman–Crippen MR) is 92.6 cm³/mol. The molecule has 2 saturated carbocycles. The zero-order valence-corrected chi connectivity index (χ0v) is 13.9. The van der Waals surface area contributed by atoms with Crippen LogP contribution in [0.5, 0.6) is 0 Å². The average Bonchev–Trinajstić information content (AvgIpc) is 2.90. The molecule has 116 valence electrons. The van der Waals surface area contributed by atoms with Gasteiger partial charge in [0.2, 0.25) is 0 Å². The molecule has 0 heterocycles. The van der Waals surface area contributed by atoms with Crippen molar-refractivity contribution in [3.63, 3.8) is 0 Å². The summed E-state index contributed by atoms with van der Waals surface area (Å²) in [5.74, 6) is 8.84. The van der Waals surface area contributed by atoms with E-state index < -0.39 is 0 Å². The molecular weight excluding hydrogens is 266 g/mol. The van der Waals surface area contributed by atoms with E-state index in [2.05, 4.69) is 30.9 Å². The second kappa shape index (κ2) is 5.05. The molecule has 0 bridgehead atoms. The van der Waals surface area contributed by atoms with E-state index in [1.807, 2.05) is 6.92 Å². The van der Waals surface area contributed by atoms with Crippen molar-refractivity contribution in [1.82, 2.24) is 0 Å². The van der Waals surface area contributed by atoms with Gasteiger partial charge >= 0.3 is 0 Å². The Labute approximate surface area is 134 Å². The fourth-order valence-electron chi connectivity index (χ4n) is 5.88. The standard InChI is InChI=1S/C21H27N/c1-3-5-15-12-18-14(13-20(15)22)7-8-17-16(18)9-11-21(2)10-4-6-19(17)21/h12-13,16-17,19H,4,6-11,22H2,1-2H3. The molecule has 3 aliphatic carbocycles. The van der Waals surface area contributed by atoms with Gasteiger partial charge in [-0.2, -0.15) is 0 Å². The maximum atomic E-state index is 6.20. The highest BCUT2D eigenvalue weighted by molar-refractivity contribution is 5.60. The Morgan fingerprint density at radius 2 is 2.05 bits per heavy atom. The molecular formula is C21H27N. The molecule has 4 atom stereocenters. The smallest absolute Gasteiger partial charge is 0.0477 e. The Balaban J connectivity index is 1.75. The highest BCUT2D eigenvalue weighted by atomic mass is 14.6. The summed E-state index contributed by atoms with van der Waals surface area (Å²) >= 11 is 0. The molecule has 2 N–H and O–H groups in total. The number of rotatable bonds is 0. The number of aryl methyl sites for hydroxylation is 1. The fraction of sp³-hybridized carbons (Fsp3) is 0.619. The Bertz CT molecular complexity index is 662. The van der Waals surface area contributed by atoms with Gasteiger partial charge in [-0.1, -0.05) is 19.3 Å². The van der Waals surface area contributed by atoms with E-state index in [4.69, 9.17) is 5.73 Å². The van der Waals surface area contributed by atoms with Crippen molar-refractivity contribution in [2.24, 2.45) is 17.3 Å². The van der Waals surface area contributed by atoms with Crippen molar-refractivity contribution in [1.29, 1.82) is 0 Å². The van der Waals surface area contributed by atoms with Crippen molar-refractivity contribution < 1.29 is 0 Å². The zero-order valence-electron chi connectivity index (χ0n) is 13.9. The van der Waals surface area contributed by atoms with Crippen LogP contribution >= 0.6 is 0 Å². The second-order valence-corrected chi connectivity index (χ2v) is 8.01. The molecule has 3 aliphatic rings. The molecule has 1 aromatic carbocycles. The quantitative estimate of drug-likeness (QED) is 0.535. The van der Waals surface area contributed by atoms with Gasteiger partial charge in [0, 0.05) is 11.3 Å². The van der Waals surface area contributed by atoms with E-state index >= 15 is 0 Å². The van der Waals surface area contributed by atoms with Crippen LogP contribution in [0.15, 0.2) is 12.1 Å². The van der Waals surface area contributed by atoms with Crippen LogP contribution in [0.3, 0.4) is 0 Å². The van der Waals surface area contributed by atoms with Gasteiger partial charge in [0.05, 0.1) is 0 Å². The summed E-state index contributed by atoms with van der Waals surface area (Å²) in [6, 6.07) is 4.54. The summed E-state index contributed by atoms with van der Waals surface area (Å²) in [4.78, 5) is 0. The van der Waals surface area contributed by atoms with Crippen LogP contribution in [0.25, 0.3) is 0 Å². The number of anilines is 1. The van der Waals surface area contributed by atoms with Gasteiger partial charge in [-0.3, -0.25) is 0 Å². The Morgan fingerprint density at radius 3 is 2.86 bits per heavy atom. The van der Waals surface area contributed by atoms with Crippen molar-refractivity contribution in [2.75, 3.05) is 5.73 Å². The van der Waals surface area contributed by atoms with Crippen LogP contribution in [0.1, 0.15) is 75.0 Å². The summed E-state index contributed by atoms with van der Waals surface area (Å²) in [5, 5.41) is 0. The molecule has 0 amide bonds. The third kappa shape index (κ3) is 2.00. The molecule has 0 radical (unpaired) electrons. The number of hydrogen-bond donors (Lipinski definition) is 1. The fourth-order valence-corrected chi connectivity index (χ4v) is 5.88. The first kappa shape index (κ1) is 14.2. The summed E-state index contributed by atoms with van der Waals surface area (Å²) in [6.07, 6.45) is 9.74. The van der Waals surface area contributed by atoms with Gasteiger partial charge in [-0.05, 0) is 91.9 Å². The lowest BCUT2D eigenvalue weighted by Crippen LogP contribution is -2.39. The molecule has 1 aromatic rings. The van der Waals surface area contributed by atoms with Crippen molar-refractivity contribution in [2.45, 2.75) is 64.7 Å². The Morgan fingerprint density at radius 1 is 1.18 bits per heavy atom. The highest BCUT2D eigenvalue weighted by Gasteiger charge is 2.50. The van der Waals surface area contributed by atoms with Crippen LogP contribution in [0.4, 0.5) is 5.69 Å². The number of nitrogen functional groups attached to an aromatic ring is 1. The van der Waals surface area contributed by atoms with Crippen LogP contribution < -0.4 is 5.73 Å². The molecule has 4 unspecified atom stereocenters. The normalized spacial score (nSPS) is 35.8. The van der Waals surface area contributed by atoms with Crippen LogP contribution in [-0.4, -0.2) is 0 Å². The summed E-state index contributed by atoms with van der Waals surface area (Å²) in [6.45, 7) is 4.46. The molecule has 0 aliphatic heterocycles. The van der Waals surface area contributed by atoms with Crippen molar-refractivity contribution in [3.8, 4) is 11.8 Å². The van der Waals surface area contributed by atoms with Crippen LogP contribution in [0, 0.1) is 29.1 Å². The third-order valence-electron chi connectivity index (χ3n) is 6.94. The average molecular weight is 293 g/mol. The van der Waals surface area contributed by atoms with E-state index in [0.29, 0.717) is 5.41 Å². The van der Waals surface area contributed by atoms with Gasteiger partial charge in [0.25, 0.3) is 0 Å². The molecule has 22 heavy (non-hydrogen) atoms. The first-order valence-electron chi connectivity index (χ1n) is 8.97. The van der Waals surface area contributed by atoms with Gasteiger partial charge in [-0.15, -0.1) is 5.92 Å². The predicted octanol–water partition coefficient (Wildman–Crippen LogP) is 4.89. The first-order chi connectivity index (χ1) is 10.6. The van der Waals surface area contributed by atoms with Gasteiger partial charge < -0.3 is 5.73 Å². The minimum Gasteiger partial charge on any atom is -0.398 e. The lowest BCUT2D eigenvalue weighted by atomic mass is 9.56. The second-order valence-electron chi connectivity index (χ2n) is 8.01. The Kier molecular flexibility index (Phi) is 3.26. The largest absolute Gasteiger partial charge is 0.398 e. The van der Waals surface area contributed by atoms with Crippen LogP contribution in [0.2, 0.25) is 0 Å². The maximum Gasteiger partial charge on any atom is 0.0477 e.